The maximum atomic E-state index is 12.0. The molecule has 1 N–H and O–H groups in total. The average Bonchev–Trinajstić information content (AvgIpc) is 2.89. The maximum Gasteiger partial charge on any atom is 0.274 e. The van der Waals surface area contributed by atoms with E-state index in [0.29, 0.717) is 16.9 Å². The van der Waals surface area contributed by atoms with E-state index in [2.05, 4.69) is 19.0 Å². The lowest BCUT2D eigenvalue weighted by molar-refractivity contribution is 0.102. The Morgan fingerprint density at radius 1 is 1.11 bits per heavy atom. The molecule has 0 aliphatic carbocycles. The summed E-state index contributed by atoms with van der Waals surface area (Å²) in [7, 11) is 0. The van der Waals surface area contributed by atoms with E-state index in [1.807, 2.05) is 12.1 Å². The molecular weight excluding hydrogens is 248 g/mol. The lowest BCUT2D eigenvalue weighted by atomic mass is 10.2. The summed E-state index contributed by atoms with van der Waals surface area (Å²) >= 11 is 1.12. The molecule has 3 aromatic rings. The second-order valence-corrected chi connectivity index (χ2v) is 4.14. The van der Waals surface area contributed by atoms with Gasteiger partial charge in [0.25, 0.3) is 5.91 Å². The quantitative estimate of drug-likeness (QED) is 0.764. The SMILES string of the molecule is O=C(Nc1cccc2nsnc12)c1ccccn1. The molecule has 6 heteroatoms. The Balaban J connectivity index is 1.93. The first-order valence-corrected chi connectivity index (χ1v) is 6.01. The van der Waals surface area contributed by atoms with Crippen molar-refractivity contribution in [3.05, 3.63) is 48.3 Å². The second-order valence-electron chi connectivity index (χ2n) is 3.61. The zero-order valence-corrected chi connectivity index (χ0v) is 10.0. The molecule has 0 aliphatic heterocycles. The number of anilines is 1. The summed E-state index contributed by atoms with van der Waals surface area (Å²) in [5, 5.41) is 2.79. The molecule has 0 spiro atoms. The molecule has 0 saturated heterocycles. The van der Waals surface area contributed by atoms with Crippen LogP contribution in [0.25, 0.3) is 11.0 Å². The third-order valence-electron chi connectivity index (χ3n) is 2.43. The lowest BCUT2D eigenvalue weighted by Gasteiger charge is -2.04. The van der Waals surface area contributed by atoms with Crippen LogP contribution in [0.15, 0.2) is 42.6 Å². The predicted octanol–water partition coefficient (Wildman–Crippen LogP) is 2.34. The van der Waals surface area contributed by atoms with Crippen molar-refractivity contribution < 1.29 is 4.79 Å². The van der Waals surface area contributed by atoms with Crippen LogP contribution in [0.3, 0.4) is 0 Å². The number of amides is 1. The number of carbonyl (C=O) groups is 1. The van der Waals surface area contributed by atoms with Gasteiger partial charge in [0.05, 0.1) is 17.4 Å². The highest BCUT2D eigenvalue weighted by Gasteiger charge is 2.10. The summed E-state index contributed by atoms with van der Waals surface area (Å²) in [6.45, 7) is 0. The van der Waals surface area contributed by atoms with Crippen molar-refractivity contribution in [1.29, 1.82) is 0 Å². The van der Waals surface area contributed by atoms with Gasteiger partial charge in [-0.25, -0.2) is 0 Å². The zero-order valence-electron chi connectivity index (χ0n) is 9.20. The molecule has 1 aromatic carbocycles. The van der Waals surface area contributed by atoms with Crippen LogP contribution in [0.4, 0.5) is 5.69 Å². The van der Waals surface area contributed by atoms with Crippen LogP contribution in [0.2, 0.25) is 0 Å². The van der Waals surface area contributed by atoms with Crippen LogP contribution in [-0.2, 0) is 0 Å². The number of fused-ring (bicyclic) bond motifs is 1. The molecule has 88 valence electrons. The first-order chi connectivity index (χ1) is 8.84. The van der Waals surface area contributed by atoms with Gasteiger partial charge in [0.2, 0.25) is 0 Å². The van der Waals surface area contributed by atoms with E-state index in [9.17, 15) is 4.79 Å². The van der Waals surface area contributed by atoms with Gasteiger partial charge in [-0.05, 0) is 24.3 Å². The van der Waals surface area contributed by atoms with Gasteiger partial charge in [0, 0.05) is 6.20 Å². The molecule has 0 aliphatic rings. The topological polar surface area (TPSA) is 67.8 Å². The molecule has 0 saturated carbocycles. The molecule has 0 fully saturated rings. The number of benzene rings is 1. The Morgan fingerprint density at radius 2 is 2.06 bits per heavy atom. The summed E-state index contributed by atoms with van der Waals surface area (Å²) in [5.41, 5.74) is 2.50. The van der Waals surface area contributed by atoms with E-state index in [1.165, 1.54) is 0 Å². The number of nitrogens with one attached hydrogen (secondary N) is 1. The third kappa shape index (κ3) is 1.93. The van der Waals surface area contributed by atoms with Gasteiger partial charge in [-0.3, -0.25) is 9.78 Å². The Hall–Kier alpha value is -2.34. The molecule has 3 rings (SSSR count). The monoisotopic (exact) mass is 256 g/mol. The number of pyridine rings is 1. The van der Waals surface area contributed by atoms with Crippen molar-refractivity contribution in [3.63, 3.8) is 0 Å². The van der Waals surface area contributed by atoms with Crippen molar-refractivity contribution in [2.24, 2.45) is 0 Å². The third-order valence-corrected chi connectivity index (χ3v) is 2.97. The van der Waals surface area contributed by atoms with Gasteiger partial charge in [-0.2, -0.15) is 8.75 Å². The van der Waals surface area contributed by atoms with Crippen LogP contribution in [-0.4, -0.2) is 19.6 Å². The van der Waals surface area contributed by atoms with E-state index >= 15 is 0 Å². The van der Waals surface area contributed by atoms with Crippen molar-refractivity contribution >= 4 is 34.4 Å². The number of nitrogens with zero attached hydrogens (tertiary/aromatic N) is 3. The Morgan fingerprint density at radius 3 is 2.89 bits per heavy atom. The lowest BCUT2D eigenvalue weighted by Crippen LogP contribution is -2.13. The molecule has 2 aromatic heterocycles. The predicted molar refractivity (Wildman–Crippen MR) is 69.6 cm³/mol. The van der Waals surface area contributed by atoms with E-state index < -0.39 is 0 Å². The maximum absolute atomic E-state index is 12.0. The van der Waals surface area contributed by atoms with Crippen LogP contribution < -0.4 is 5.32 Å². The first kappa shape index (κ1) is 10.8. The largest absolute Gasteiger partial charge is 0.319 e. The molecule has 5 nitrogen and oxygen atoms in total. The summed E-state index contributed by atoms with van der Waals surface area (Å²) in [4.78, 5) is 16.0. The number of rotatable bonds is 2. The standard InChI is InChI=1S/C12H8N4OS/c17-12(10-4-1-2-7-13-10)14-8-5-3-6-9-11(8)16-18-15-9/h1-7H,(H,14,17). The van der Waals surface area contributed by atoms with Crippen LogP contribution in [0, 0.1) is 0 Å². The number of hydrogen-bond acceptors (Lipinski definition) is 5. The van der Waals surface area contributed by atoms with Gasteiger partial charge in [-0.15, -0.1) is 0 Å². The minimum Gasteiger partial charge on any atom is -0.319 e. The normalized spacial score (nSPS) is 10.4. The highest BCUT2D eigenvalue weighted by Crippen LogP contribution is 2.21. The van der Waals surface area contributed by atoms with E-state index in [0.717, 1.165) is 17.2 Å². The molecule has 0 bridgehead atoms. The van der Waals surface area contributed by atoms with Crippen LogP contribution in [0.1, 0.15) is 10.5 Å². The molecule has 1 amide bonds. The highest BCUT2D eigenvalue weighted by molar-refractivity contribution is 7.00. The molecular formula is C12H8N4OS. The number of hydrogen-bond donors (Lipinski definition) is 1. The van der Waals surface area contributed by atoms with E-state index in [1.54, 1.807) is 30.5 Å². The fraction of sp³-hybridized carbons (Fsp3) is 0. The van der Waals surface area contributed by atoms with Gasteiger partial charge < -0.3 is 5.32 Å². The number of aromatic nitrogens is 3. The molecule has 0 unspecified atom stereocenters. The summed E-state index contributed by atoms with van der Waals surface area (Å²) in [5.74, 6) is -0.254. The van der Waals surface area contributed by atoms with Crippen molar-refractivity contribution in [1.82, 2.24) is 13.7 Å². The van der Waals surface area contributed by atoms with Crippen molar-refractivity contribution in [3.8, 4) is 0 Å². The van der Waals surface area contributed by atoms with Gasteiger partial charge in [0.1, 0.15) is 16.7 Å². The van der Waals surface area contributed by atoms with E-state index in [-0.39, 0.29) is 5.91 Å². The molecule has 0 atom stereocenters. The summed E-state index contributed by atoms with van der Waals surface area (Å²) in [6.07, 6.45) is 1.58. The van der Waals surface area contributed by atoms with Crippen molar-refractivity contribution in [2.45, 2.75) is 0 Å². The fourth-order valence-electron chi connectivity index (χ4n) is 1.59. The summed E-state index contributed by atoms with van der Waals surface area (Å²) in [6, 6.07) is 10.7. The second kappa shape index (κ2) is 4.50. The van der Waals surface area contributed by atoms with Gasteiger partial charge in [0.15, 0.2) is 0 Å². The summed E-state index contributed by atoms with van der Waals surface area (Å²) < 4.78 is 8.28. The minimum atomic E-state index is -0.254. The van der Waals surface area contributed by atoms with Crippen LogP contribution >= 0.6 is 11.7 Å². The highest BCUT2D eigenvalue weighted by atomic mass is 32.1. The first-order valence-electron chi connectivity index (χ1n) is 5.28. The molecule has 18 heavy (non-hydrogen) atoms. The van der Waals surface area contributed by atoms with Gasteiger partial charge >= 0.3 is 0 Å². The smallest absolute Gasteiger partial charge is 0.274 e. The number of carbonyl (C=O) groups excluding carboxylic acids is 1. The minimum absolute atomic E-state index is 0.254. The molecule has 2 heterocycles. The Bertz CT molecular complexity index is 695. The Labute approximate surface area is 107 Å². The average molecular weight is 256 g/mol. The van der Waals surface area contributed by atoms with E-state index in [4.69, 9.17) is 0 Å². The molecule has 0 radical (unpaired) electrons. The fourth-order valence-corrected chi connectivity index (χ4v) is 2.14. The zero-order chi connectivity index (χ0) is 12.4. The van der Waals surface area contributed by atoms with Crippen molar-refractivity contribution in [2.75, 3.05) is 5.32 Å². The Kier molecular flexibility index (Phi) is 2.70. The van der Waals surface area contributed by atoms with Gasteiger partial charge in [-0.1, -0.05) is 12.1 Å². The van der Waals surface area contributed by atoms with Crippen LogP contribution in [0.5, 0.6) is 0 Å².